The molecule has 2 aromatic heterocycles. The van der Waals surface area contributed by atoms with Crippen molar-refractivity contribution in [2.24, 2.45) is 0 Å². The summed E-state index contributed by atoms with van der Waals surface area (Å²) in [6.45, 7) is 15.7. The van der Waals surface area contributed by atoms with Gasteiger partial charge in [-0.3, -0.25) is 9.78 Å². The van der Waals surface area contributed by atoms with E-state index in [0.717, 1.165) is 99.4 Å². The third-order valence-corrected chi connectivity index (χ3v) is 8.39. The molecule has 2 aliphatic heterocycles. The van der Waals surface area contributed by atoms with Gasteiger partial charge in [0.2, 0.25) is 5.95 Å². The van der Waals surface area contributed by atoms with Gasteiger partial charge in [-0.1, -0.05) is 32.0 Å². The van der Waals surface area contributed by atoms with E-state index in [0.29, 0.717) is 6.61 Å². The summed E-state index contributed by atoms with van der Waals surface area (Å²) in [5.74, 6) is 0.734. The molecule has 0 aliphatic carbocycles. The molecule has 1 saturated heterocycles. The molecule has 2 aliphatic rings. The molecule has 0 atom stereocenters. The smallest absolute Gasteiger partial charge is 0.307 e. The Bertz CT molecular complexity index is 1940. The van der Waals surface area contributed by atoms with E-state index in [4.69, 9.17) is 14.8 Å². The highest BCUT2D eigenvalue weighted by Gasteiger charge is 2.23. The first-order chi connectivity index (χ1) is 24.0. The van der Waals surface area contributed by atoms with Gasteiger partial charge in [0, 0.05) is 67.7 Å². The SMILES string of the molecule is C#C.CC.CC(C)(C)O.Cc1cc2cc(-c3cnc(N4CCN(C)CC4)nc3)ccc2c(-c2ccc3c4c(ccnc24)CCO3)c1CC(=O)O. The van der Waals surface area contributed by atoms with E-state index in [9.17, 15) is 9.90 Å². The van der Waals surface area contributed by atoms with Gasteiger partial charge in [-0.25, -0.2) is 9.97 Å². The Morgan fingerprint density at radius 3 is 2.24 bits per heavy atom. The van der Waals surface area contributed by atoms with Gasteiger partial charge in [0.15, 0.2) is 0 Å². The van der Waals surface area contributed by atoms with Crippen LogP contribution in [-0.4, -0.2) is 81.5 Å². The number of carboxylic acid groups (broad SMARTS) is 1. The van der Waals surface area contributed by atoms with E-state index < -0.39 is 11.6 Å². The number of carbonyl (C=O) groups is 1. The van der Waals surface area contributed by atoms with E-state index >= 15 is 0 Å². The summed E-state index contributed by atoms with van der Waals surface area (Å²) in [7, 11) is 2.14. The van der Waals surface area contributed by atoms with Crippen LogP contribution in [0, 0.1) is 19.8 Å². The number of hydrogen-bond acceptors (Lipinski definition) is 8. The van der Waals surface area contributed by atoms with Crippen molar-refractivity contribution in [1.82, 2.24) is 19.9 Å². The molecule has 1 fully saturated rings. The first kappa shape index (κ1) is 37.8. The molecule has 0 amide bonds. The zero-order chi connectivity index (χ0) is 36.6. The van der Waals surface area contributed by atoms with Crippen molar-refractivity contribution in [2.75, 3.05) is 44.7 Å². The van der Waals surface area contributed by atoms with Crippen LogP contribution in [0.1, 0.15) is 51.3 Å². The van der Waals surface area contributed by atoms with Crippen molar-refractivity contribution in [2.45, 2.75) is 60.0 Å². The zero-order valence-electron chi connectivity index (χ0n) is 30.3. The number of rotatable bonds is 5. The number of pyridine rings is 1. The number of benzene rings is 3. The summed E-state index contributed by atoms with van der Waals surface area (Å²) in [5, 5.41) is 21.4. The number of hydrogen-bond donors (Lipinski definition) is 2. The number of aliphatic hydroxyl groups is 1. The molecule has 0 radical (unpaired) electrons. The summed E-state index contributed by atoms with van der Waals surface area (Å²) in [6.07, 6.45) is 14.4. The van der Waals surface area contributed by atoms with Gasteiger partial charge >= 0.3 is 5.97 Å². The summed E-state index contributed by atoms with van der Waals surface area (Å²) in [4.78, 5) is 30.7. The maximum atomic E-state index is 12.0. The summed E-state index contributed by atoms with van der Waals surface area (Å²) < 4.78 is 5.96. The van der Waals surface area contributed by atoms with Gasteiger partial charge in [0.05, 0.1) is 24.1 Å². The Kier molecular flexibility index (Phi) is 12.5. The van der Waals surface area contributed by atoms with Gasteiger partial charge in [0.1, 0.15) is 5.75 Å². The molecule has 0 unspecified atom stereocenters. The van der Waals surface area contributed by atoms with Crippen LogP contribution in [0.3, 0.4) is 0 Å². The fourth-order valence-electron chi connectivity index (χ4n) is 6.20. The second kappa shape index (κ2) is 16.6. The minimum atomic E-state index is -0.859. The van der Waals surface area contributed by atoms with Crippen molar-refractivity contribution in [3.63, 3.8) is 0 Å². The Labute approximate surface area is 296 Å². The summed E-state index contributed by atoms with van der Waals surface area (Å²) >= 11 is 0. The largest absolute Gasteiger partial charge is 0.493 e. The average Bonchev–Trinajstić information content (AvgIpc) is 3.10. The van der Waals surface area contributed by atoms with Crippen molar-refractivity contribution in [3.8, 4) is 40.9 Å². The number of aromatic nitrogens is 3. The number of likely N-dealkylation sites (N-methyl/N-ethyl adjacent to an activating group) is 1. The van der Waals surface area contributed by atoms with Gasteiger partial charge in [-0.2, -0.15) is 0 Å². The molecule has 262 valence electrons. The Morgan fingerprint density at radius 2 is 1.60 bits per heavy atom. The van der Waals surface area contributed by atoms with E-state index in [1.807, 2.05) is 57.6 Å². The number of aryl methyl sites for hydroxylation is 1. The van der Waals surface area contributed by atoms with Gasteiger partial charge in [0.25, 0.3) is 0 Å². The summed E-state index contributed by atoms with van der Waals surface area (Å²) in [6, 6.07) is 14.5. The Morgan fingerprint density at radius 1 is 0.940 bits per heavy atom. The minimum absolute atomic E-state index is 0.0696. The predicted octanol–water partition coefficient (Wildman–Crippen LogP) is 7.19. The Balaban J connectivity index is 0.000000567. The number of fused-ring (bicyclic) bond motifs is 1. The molecule has 9 heteroatoms. The quantitative estimate of drug-likeness (QED) is 0.187. The molecule has 0 bridgehead atoms. The average molecular weight is 676 g/mol. The van der Waals surface area contributed by atoms with E-state index in [2.05, 4.69) is 63.9 Å². The molecule has 3 aromatic carbocycles. The first-order valence-electron chi connectivity index (χ1n) is 17.1. The molecule has 5 aromatic rings. The van der Waals surface area contributed by atoms with E-state index in [-0.39, 0.29) is 6.42 Å². The maximum Gasteiger partial charge on any atom is 0.307 e. The van der Waals surface area contributed by atoms with Crippen LogP contribution < -0.4 is 9.64 Å². The second-order valence-electron chi connectivity index (χ2n) is 13.2. The highest BCUT2D eigenvalue weighted by molar-refractivity contribution is 6.09. The lowest BCUT2D eigenvalue weighted by atomic mass is 9.86. The standard InChI is InChI=1S/C33H31N5O3.C4H10O.C2H6.C2H2/c1-20-15-23-16-22(24-18-35-33(36-19-24)38-12-10-37(2)11-13-38)3-4-25(23)31(27(20)17-29(39)40)26-5-6-28-30-21(8-14-41-28)7-9-34-32(26)30;1-4(2,3)5;2*1-2/h3-7,9,15-16,18-19H,8,10-14,17H2,1-2H3,(H,39,40);5H,1-3H3;1-2H3;1-2H. The van der Waals surface area contributed by atoms with Crippen molar-refractivity contribution in [3.05, 3.63) is 77.7 Å². The molecular weight excluding hydrogens is 626 g/mol. The Hall–Kier alpha value is -5.04. The van der Waals surface area contributed by atoms with E-state index in [1.54, 1.807) is 20.8 Å². The highest BCUT2D eigenvalue weighted by Crippen LogP contribution is 2.43. The number of anilines is 1. The van der Waals surface area contributed by atoms with Crippen LogP contribution in [0.2, 0.25) is 0 Å². The first-order valence-corrected chi connectivity index (χ1v) is 17.1. The summed E-state index contributed by atoms with van der Waals surface area (Å²) in [5.41, 5.74) is 7.09. The van der Waals surface area contributed by atoms with Gasteiger partial charge < -0.3 is 24.7 Å². The number of ether oxygens (including phenoxy) is 1. The lowest BCUT2D eigenvalue weighted by molar-refractivity contribution is -0.136. The van der Waals surface area contributed by atoms with Crippen LogP contribution >= 0.6 is 0 Å². The molecule has 2 N–H and O–H groups in total. The van der Waals surface area contributed by atoms with Crippen LogP contribution in [0.5, 0.6) is 5.75 Å². The van der Waals surface area contributed by atoms with Crippen LogP contribution in [-0.2, 0) is 17.6 Å². The fourth-order valence-corrected chi connectivity index (χ4v) is 6.20. The molecule has 9 nitrogen and oxygen atoms in total. The normalized spacial score (nSPS) is 13.9. The molecule has 7 rings (SSSR count). The van der Waals surface area contributed by atoms with Crippen molar-refractivity contribution in [1.29, 1.82) is 0 Å². The van der Waals surface area contributed by atoms with Crippen LogP contribution in [0.25, 0.3) is 43.9 Å². The van der Waals surface area contributed by atoms with Crippen LogP contribution in [0.4, 0.5) is 5.95 Å². The molecule has 0 saturated carbocycles. The fraction of sp³-hybridized carbons (Fsp3) is 0.366. The maximum absolute atomic E-state index is 12.0. The third-order valence-electron chi connectivity index (χ3n) is 8.39. The minimum Gasteiger partial charge on any atom is -0.493 e. The van der Waals surface area contributed by atoms with Crippen LogP contribution in [0.15, 0.2) is 61.1 Å². The van der Waals surface area contributed by atoms with Crippen molar-refractivity contribution < 1.29 is 19.7 Å². The molecule has 50 heavy (non-hydrogen) atoms. The highest BCUT2D eigenvalue weighted by atomic mass is 16.5. The molecular formula is C41H49N5O4. The van der Waals surface area contributed by atoms with Gasteiger partial charge in [-0.05, 0) is 97.6 Å². The number of aliphatic carboxylic acids is 1. The second-order valence-corrected chi connectivity index (χ2v) is 13.2. The monoisotopic (exact) mass is 675 g/mol. The molecule has 4 heterocycles. The lowest BCUT2D eigenvalue weighted by Crippen LogP contribution is -2.45. The topological polar surface area (TPSA) is 112 Å². The number of nitrogens with zero attached hydrogens (tertiary/aromatic N) is 5. The zero-order valence-corrected chi connectivity index (χ0v) is 30.3. The van der Waals surface area contributed by atoms with E-state index in [1.165, 1.54) is 5.56 Å². The van der Waals surface area contributed by atoms with Crippen molar-refractivity contribution >= 4 is 33.6 Å². The lowest BCUT2D eigenvalue weighted by Gasteiger charge is -2.32. The number of piperazine rings is 1. The molecule has 0 spiro atoms. The van der Waals surface area contributed by atoms with Gasteiger partial charge in [-0.15, -0.1) is 12.8 Å². The predicted molar refractivity (Wildman–Crippen MR) is 204 cm³/mol. The number of carboxylic acids is 1. The third kappa shape index (κ3) is 8.75. The number of terminal acetylenes is 1.